The highest BCUT2D eigenvalue weighted by Gasteiger charge is 2.51. The number of rotatable bonds is 8. The maximum atomic E-state index is 11.8. The molecule has 1 saturated heterocycles. The number of carbonyl (C=O) groups excluding carboxylic acids is 4. The standard InChI is InChI=1S/C20H24N2O10S/c1-10(23)29-9-16-17(30-11(2)24)18(31-12(3)25)19(32-13(4)26)20(33-16)21-14-5-7-15(8-6-14)22(27)28/h5-8,16-21H,9H2,1-4H3/t16-,17-,18+,19-,20-/m1/s1. The first kappa shape index (κ1) is 25.9. The number of esters is 4. The number of non-ortho nitro benzene ring substituents is 1. The summed E-state index contributed by atoms with van der Waals surface area (Å²) in [6, 6.07) is 5.50. The summed E-state index contributed by atoms with van der Waals surface area (Å²) in [7, 11) is 0. The van der Waals surface area contributed by atoms with Gasteiger partial charge in [-0.05, 0) is 12.1 Å². The average Bonchev–Trinajstić information content (AvgIpc) is 2.70. The number of carbonyl (C=O) groups is 4. The van der Waals surface area contributed by atoms with Crippen molar-refractivity contribution in [2.24, 2.45) is 0 Å². The number of hydrogen-bond donors (Lipinski definition) is 1. The van der Waals surface area contributed by atoms with Gasteiger partial charge in [0.15, 0.2) is 18.3 Å². The molecule has 0 bridgehead atoms. The quantitative estimate of drug-likeness (QED) is 0.247. The molecule has 1 N–H and O–H groups in total. The Bertz CT molecular complexity index is 907. The topological polar surface area (TPSA) is 160 Å². The molecule has 0 unspecified atom stereocenters. The normalized spacial score (nSPS) is 24.2. The van der Waals surface area contributed by atoms with Crippen molar-refractivity contribution in [1.82, 2.24) is 0 Å². The Morgan fingerprint density at radius 3 is 1.88 bits per heavy atom. The van der Waals surface area contributed by atoms with Crippen LogP contribution < -0.4 is 5.32 Å². The molecular formula is C20H24N2O10S. The van der Waals surface area contributed by atoms with Crippen LogP contribution in [-0.2, 0) is 38.1 Å². The zero-order chi connectivity index (χ0) is 24.7. The SMILES string of the molecule is CC(=O)OC[C@H]1S[C@@H](Nc2ccc([N+](=O)[O-])cc2)[C@H](OC(C)=O)[C@@H](OC(C)=O)[C@@H]1OC(C)=O. The molecule has 1 aromatic rings. The molecule has 0 radical (unpaired) electrons. The third kappa shape index (κ3) is 7.63. The molecule has 180 valence electrons. The zero-order valence-corrected chi connectivity index (χ0v) is 19.2. The summed E-state index contributed by atoms with van der Waals surface area (Å²) in [6.07, 6.45) is -3.41. The van der Waals surface area contributed by atoms with Crippen LogP contribution in [0.4, 0.5) is 11.4 Å². The van der Waals surface area contributed by atoms with Gasteiger partial charge in [0.1, 0.15) is 12.0 Å². The van der Waals surface area contributed by atoms with Gasteiger partial charge in [-0.3, -0.25) is 29.3 Å². The number of nitro groups is 1. The molecule has 2 rings (SSSR count). The summed E-state index contributed by atoms with van der Waals surface area (Å²) in [5.74, 6) is -2.62. The predicted molar refractivity (Wildman–Crippen MR) is 115 cm³/mol. The van der Waals surface area contributed by atoms with E-state index in [0.717, 1.165) is 18.7 Å². The number of nitrogens with zero attached hydrogens (tertiary/aromatic N) is 1. The predicted octanol–water partition coefficient (Wildman–Crippen LogP) is 1.81. The molecule has 1 fully saturated rings. The molecule has 0 amide bonds. The van der Waals surface area contributed by atoms with Gasteiger partial charge in [-0.25, -0.2) is 0 Å². The number of ether oxygens (including phenoxy) is 4. The summed E-state index contributed by atoms with van der Waals surface area (Å²) in [5.41, 5.74) is 0.336. The molecule has 12 nitrogen and oxygen atoms in total. The molecule has 13 heteroatoms. The highest BCUT2D eigenvalue weighted by Crippen LogP contribution is 2.38. The first-order chi connectivity index (χ1) is 15.5. The van der Waals surface area contributed by atoms with Gasteiger partial charge in [0.2, 0.25) is 0 Å². The van der Waals surface area contributed by atoms with Gasteiger partial charge in [-0.2, -0.15) is 0 Å². The lowest BCUT2D eigenvalue weighted by Crippen LogP contribution is -2.60. The number of benzene rings is 1. The van der Waals surface area contributed by atoms with Crippen LogP contribution in [0.5, 0.6) is 0 Å². The molecular weight excluding hydrogens is 460 g/mol. The fraction of sp³-hybridized carbons (Fsp3) is 0.500. The molecule has 1 heterocycles. The molecule has 0 aliphatic carbocycles. The fourth-order valence-electron chi connectivity index (χ4n) is 3.19. The highest BCUT2D eigenvalue weighted by molar-refractivity contribution is 8.00. The van der Waals surface area contributed by atoms with Gasteiger partial charge in [0.05, 0.1) is 10.2 Å². The van der Waals surface area contributed by atoms with E-state index in [1.807, 2.05) is 0 Å². The van der Waals surface area contributed by atoms with Crippen molar-refractivity contribution < 1.29 is 43.0 Å². The third-order valence-electron chi connectivity index (χ3n) is 4.38. The summed E-state index contributed by atoms with van der Waals surface area (Å²) in [4.78, 5) is 57.2. The largest absolute Gasteiger partial charge is 0.465 e. The summed E-state index contributed by atoms with van der Waals surface area (Å²) < 4.78 is 21.3. The Kier molecular flexibility index (Phi) is 9.02. The van der Waals surface area contributed by atoms with E-state index in [9.17, 15) is 29.3 Å². The Morgan fingerprint density at radius 1 is 0.879 bits per heavy atom. The monoisotopic (exact) mass is 484 g/mol. The highest BCUT2D eigenvalue weighted by atomic mass is 32.2. The van der Waals surface area contributed by atoms with Gasteiger partial charge in [-0.1, -0.05) is 0 Å². The maximum absolute atomic E-state index is 11.8. The molecule has 1 aliphatic heterocycles. The minimum Gasteiger partial charge on any atom is -0.465 e. The summed E-state index contributed by atoms with van der Waals surface area (Å²) in [5, 5.41) is 12.5. The minimum absolute atomic E-state index is 0.117. The van der Waals surface area contributed by atoms with Gasteiger partial charge >= 0.3 is 23.9 Å². The van der Waals surface area contributed by atoms with Crippen molar-refractivity contribution in [1.29, 1.82) is 0 Å². The van der Waals surface area contributed by atoms with Crippen LogP contribution in [0, 0.1) is 10.1 Å². The fourth-order valence-corrected chi connectivity index (χ4v) is 4.65. The van der Waals surface area contributed by atoms with Crippen LogP contribution in [0.25, 0.3) is 0 Å². The van der Waals surface area contributed by atoms with E-state index in [1.165, 1.54) is 45.0 Å². The lowest BCUT2D eigenvalue weighted by molar-refractivity contribution is -0.384. The lowest BCUT2D eigenvalue weighted by atomic mass is 10.0. The third-order valence-corrected chi connectivity index (χ3v) is 5.81. The van der Waals surface area contributed by atoms with Crippen LogP contribution in [0.2, 0.25) is 0 Å². The molecule has 5 atom stereocenters. The summed E-state index contributed by atoms with van der Waals surface area (Å²) >= 11 is 1.14. The minimum atomic E-state index is -1.22. The number of anilines is 1. The number of hydrogen-bond acceptors (Lipinski definition) is 12. The van der Waals surface area contributed by atoms with Crippen LogP contribution in [0.15, 0.2) is 24.3 Å². The van der Waals surface area contributed by atoms with Crippen LogP contribution in [0.1, 0.15) is 27.7 Å². The van der Waals surface area contributed by atoms with Crippen molar-refractivity contribution in [3.05, 3.63) is 34.4 Å². The molecule has 33 heavy (non-hydrogen) atoms. The molecule has 1 aliphatic rings. The van der Waals surface area contributed by atoms with E-state index in [-0.39, 0.29) is 12.3 Å². The lowest BCUT2D eigenvalue weighted by Gasteiger charge is -2.44. The van der Waals surface area contributed by atoms with Crippen molar-refractivity contribution in [2.75, 3.05) is 11.9 Å². The Hall–Kier alpha value is -3.35. The molecule has 1 aromatic carbocycles. The van der Waals surface area contributed by atoms with Gasteiger partial charge in [0, 0.05) is 45.5 Å². The van der Waals surface area contributed by atoms with Gasteiger partial charge in [-0.15, -0.1) is 11.8 Å². The van der Waals surface area contributed by atoms with E-state index >= 15 is 0 Å². The van der Waals surface area contributed by atoms with E-state index in [0.29, 0.717) is 5.69 Å². The van der Waals surface area contributed by atoms with E-state index < -0.39 is 57.7 Å². The zero-order valence-electron chi connectivity index (χ0n) is 18.3. The smallest absolute Gasteiger partial charge is 0.303 e. The van der Waals surface area contributed by atoms with Gasteiger partial charge in [0.25, 0.3) is 5.69 Å². The second kappa shape index (κ2) is 11.5. The van der Waals surface area contributed by atoms with Crippen molar-refractivity contribution in [2.45, 2.75) is 56.6 Å². The van der Waals surface area contributed by atoms with Crippen molar-refractivity contribution in [3.8, 4) is 0 Å². The van der Waals surface area contributed by atoms with Crippen LogP contribution in [0.3, 0.4) is 0 Å². The summed E-state index contributed by atoms with van der Waals surface area (Å²) in [6.45, 7) is 4.52. The maximum Gasteiger partial charge on any atom is 0.303 e. The molecule has 0 aromatic heterocycles. The Labute approximate surface area is 193 Å². The van der Waals surface area contributed by atoms with E-state index in [4.69, 9.17) is 18.9 Å². The van der Waals surface area contributed by atoms with E-state index in [1.54, 1.807) is 0 Å². The second-order valence-electron chi connectivity index (χ2n) is 7.07. The van der Waals surface area contributed by atoms with Crippen molar-refractivity contribution >= 4 is 47.0 Å². The van der Waals surface area contributed by atoms with Crippen molar-refractivity contribution in [3.63, 3.8) is 0 Å². The Balaban J connectivity index is 2.43. The molecule has 0 saturated carbocycles. The van der Waals surface area contributed by atoms with E-state index in [2.05, 4.69) is 5.32 Å². The first-order valence-electron chi connectivity index (χ1n) is 9.79. The Morgan fingerprint density at radius 2 is 1.39 bits per heavy atom. The van der Waals surface area contributed by atoms with Gasteiger partial charge < -0.3 is 24.3 Å². The first-order valence-corrected chi connectivity index (χ1v) is 10.7. The van der Waals surface area contributed by atoms with Crippen LogP contribution >= 0.6 is 11.8 Å². The van der Waals surface area contributed by atoms with Crippen LogP contribution in [-0.4, -0.2) is 64.3 Å². The average molecular weight is 484 g/mol. The number of nitrogens with one attached hydrogen (secondary N) is 1. The second-order valence-corrected chi connectivity index (χ2v) is 8.45. The number of nitro benzene ring substituents is 1. The number of thioether (sulfide) groups is 1. The molecule has 0 spiro atoms.